The molecule has 58 valence electrons. The van der Waals surface area contributed by atoms with E-state index in [1.54, 1.807) is 0 Å². The van der Waals surface area contributed by atoms with Crippen LogP contribution in [-0.2, 0) is 4.79 Å². The minimum atomic E-state index is -4.91. The number of hydrogen-bond donors (Lipinski definition) is 1. The third-order valence-corrected chi connectivity index (χ3v) is 1.64. The molecule has 1 fully saturated rings. The third kappa shape index (κ3) is 3.06. The molecule has 1 N–H and O–H groups in total. The fraction of sp³-hybridized carbons (Fsp3) is 0.750. The fourth-order valence-electron chi connectivity index (χ4n) is 0.916. The van der Waals surface area contributed by atoms with Crippen LogP contribution in [0.3, 0.4) is 0 Å². The van der Waals surface area contributed by atoms with E-state index < -0.39 is 24.7 Å². The SMILES string of the molecule is O=C(O)C1CC1[B-](F)(F)F.[K+]. The van der Waals surface area contributed by atoms with Gasteiger partial charge in [0.1, 0.15) is 0 Å². The van der Waals surface area contributed by atoms with Crippen molar-refractivity contribution in [2.45, 2.75) is 12.2 Å². The summed E-state index contributed by atoms with van der Waals surface area (Å²) in [5.41, 5.74) is 0. The van der Waals surface area contributed by atoms with Crippen molar-refractivity contribution in [1.82, 2.24) is 0 Å². The second-order valence-corrected chi connectivity index (χ2v) is 2.47. The summed E-state index contributed by atoms with van der Waals surface area (Å²) in [5.74, 6) is -4.01. The van der Waals surface area contributed by atoms with Gasteiger partial charge in [0.2, 0.25) is 0 Å². The second kappa shape index (κ2) is 3.78. The van der Waals surface area contributed by atoms with E-state index in [1.165, 1.54) is 0 Å². The van der Waals surface area contributed by atoms with Crippen LogP contribution < -0.4 is 51.4 Å². The van der Waals surface area contributed by atoms with Gasteiger partial charge in [0.05, 0.1) is 0 Å². The maximum absolute atomic E-state index is 11.7. The molecule has 0 spiro atoms. The van der Waals surface area contributed by atoms with Crippen LogP contribution in [0.5, 0.6) is 0 Å². The molecule has 1 aliphatic carbocycles. The number of halogens is 3. The first-order valence-corrected chi connectivity index (χ1v) is 2.85. The Kier molecular flexibility index (Phi) is 4.11. The molecule has 0 bridgehead atoms. The molecule has 11 heavy (non-hydrogen) atoms. The van der Waals surface area contributed by atoms with E-state index in [1.807, 2.05) is 0 Å². The predicted octanol–water partition coefficient (Wildman–Crippen LogP) is -1.69. The van der Waals surface area contributed by atoms with E-state index in [2.05, 4.69) is 0 Å². The maximum Gasteiger partial charge on any atom is 1.00 e. The molecule has 0 heterocycles. The minimum Gasteiger partial charge on any atom is -0.481 e. The summed E-state index contributed by atoms with van der Waals surface area (Å²) in [6, 6.07) is 0. The van der Waals surface area contributed by atoms with Crippen molar-refractivity contribution < 1.29 is 74.2 Å². The Labute approximate surface area is 104 Å². The van der Waals surface area contributed by atoms with Crippen LogP contribution in [0.4, 0.5) is 12.9 Å². The summed E-state index contributed by atoms with van der Waals surface area (Å²) in [4.78, 5) is 9.93. The van der Waals surface area contributed by atoms with Gasteiger partial charge in [-0.1, -0.05) is 12.2 Å². The predicted molar refractivity (Wildman–Crippen MR) is 28.6 cm³/mol. The molecule has 0 aromatic heterocycles. The standard InChI is InChI=1S/C4H5BF3O2.K/c6-5(7,8)3-1-2(3)4(9)10;/h2-3H,1H2,(H,9,10);/q-1;+1. The van der Waals surface area contributed by atoms with Crippen LogP contribution in [0.25, 0.3) is 0 Å². The Balaban J connectivity index is 0.000001000. The zero-order valence-corrected chi connectivity index (χ0v) is 9.05. The molecule has 1 saturated carbocycles. The molecular formula is C4H5BF3KO2. The molecule has 0 aromatic carbocycles. The van der Waals surface area contributed by atoms with E-state index in [0.29, 0.717) is 0 Å². The van der Waals surface area contributed by atoms with Crippen molar-refractivity contribution >= 4 is 12.9 Å². The molecule has 0 amide bonds. The Bertz CT molecular complexity index is 171. The summed E-state index contributed by atoms with van der Waals surface area (Å²) in [7, 11) is 0. The van der Waals surface area contributed by atoms with Crippen LogP contribution >= 0.6 is 0 Å². The first kappa shape index (κ1) is 12.0. The van der Waals surface area contributed by atoms with Crippen molar-refractivity contribution in [2.24, 2.45) is 5.92 Å². The fourth-order valence-corrected chi connectivity index (χ4v) is 0.916. The average Bonchev–Trinajstić information content (AvgIpc) is 2.35. The molecule has 0 saturated heterocycles. The van der Waals surface area contributed by atoms with Crippen molar-refractivity contribution in [1.29, 1.82) is 0 Å². The molecule has 2 unspecified atom stereocenters. The summed E-state index contributed by atoms with van der Waals surface area (Å²) >= 11 is 0. The Morgan fingerprint density at radius 1 is 1.45 bits per heavy atom. The average molecular weight is 192 g/mol. The van der Waals surface area contributed by atoms with Crippen LogP contribution in [0.1, 0.15) is 6.42 Å². The van der Waals surface area contributed by atoms with E-state index in [9.17, 15) is 17.7 Å². The summed E-state index contributed by atoms with van der Waals surface area (Å²) in [5, 5.41) is 8.10. The molecule has 0 aromatic rings. The minimum absolute atomic E-state index is 0. The van der Waals surface area contributed by atoms with Crippen molar-refractivity contribution in [3.63, 3.8) is 0 Å². The normalized spacial score (nSPS) is 29.0. The summed E-state index contributed by atoms with van der Waals surface area (Å²) in [6.07, 6.45) is -0.223. The largest absolute Gasteiger partial charge is 1.00 e. The van der Waals surface area contributed by atoms with Crippen LogP contribution in [0.2, 0.25) is 5.82 Å². The first-order valence-electron chi connectivity index (χ1n) is 2.85. The Morgan fingerprint density at radius 3 is 2.00 bits per heavy atom. The van der Waals surface area contributed by atoms with Gasteiger partial charge in [-0.25, -0.2) is 0 Å². The molecule has 2 atom stereocenters. The van der Waals surface area contributed by atoms with Gasteiger partial charge in [-0.3, -0.25) is 4.79 Å². The summed E-state index contributed by atoms with van der Waals surface area (Å²) in [6.45, 7) is -4.91. The number of carboxylic acid groups (broad SMARTS) is 1. The number of carbonyl (C=O) groups is 1. The molecule has 1 rings (SSSR count). The molecular weight excluding hydrogens is 187 g/mol. The van der Waals surface area contributed by atoms with Gasteiger partial charge in [0.25, 0.3) is 0 Å². The molecule has 7 heteroatoms. The van der Waals surface area contributed by atoms with E-state index in [-0.39, 0.29) is 57.8 Å². The van der Waals surface area contributed by atoms with E-state index in [4.69, 9.17) is 5.11 Å². The monoisotopic (exact) mass is 192 g/mol. The van der Waals surface area contributed by atoms with Gasteiger partial charge in [-0.15, -0.1) is 0 Å². The van der Waals surface area contributed by atoms with Gasteiger partial charge < -0.3 is 18.1 Å². The van der Waals surface area contributed by atoms with Crippen LogP contribution in [-0.4, -0.2) is 18.1 Å². The van der Waals surface area contributed by atoms with E-state index >= 15 is 0 Å². The quantitative estimate of drug-likeness (QED) is 0.530. The van der Waals surface area contributed by atoms with Gasteiger partial charge in [0.15, 0.2) is 0 Å². The van der Waals surface area contributed by atoms with Crippen molar-refractivity contribution in [3.05, 3.63) is 0 Å². The Hall–Kier alpha value is 0.961. The van der Waals surface area contributed by atoms with Gasteiger partial charge in [-0.05, 0) is 0 Å². The van der Waals surface area contributed by atoms with Crippen LogP contribution in [0, 0.1) is 5.92 Å². The van der Waals surface area contributed by atoms with Gasteiger partial charge >= 0.3 is 64.3 Å². The zero-order chi connectivity index (χ0) is 7.94. The third-order valence-electron chi connectivity index (χ3n) is 1.64. The first-order chi connectivity index (χ1) is 4.43. The van der Waals surface area contributed by atoms with Crippen molar-refractivity contribution in [3.8, 4) is 0 Å². The smallest absolute Gasteiger partial charge is 0.481 e. The maximum atomic E-state index is 11.7. The second-order valence-electron chi connectivity index (χ2n) is 2.47. The number of hydrogen-bond acceptors (Lipinski definition) is 1. The van der Waals surface area contributed by atoms with Crippen LogP contribution in [0.15, 0.2) is 0 Å². The van der Waals surface area contributed by atoms with Crippen molar-refractivity contribution in [2.75, 3.05) is 0 Å². The zero-order valence-electron chi connectivity index (χ0n) is 5.93. The topological polar surface area (TPSA) is 37.3 Å². The Morgan fingerprint density at radius 2 is 1.91 bits per heavy atom. The van der Waals surface area contributed by atoms with Gasteiger partial charge in [0, 0.05) is 5.92 Å². The molecule has 0 radical (unpaired) electrons. The number of rotatable bonds is 2. The molecule has 0 aliphatic heterocycles. The molecule has 1 aliphatic rings. The number of aliphatic carboxylic acids is 1. The molecule has 2 nitrogen and oxygen atoms in total. The summed E-state index contributed by atoms with van der Waals surface area (Å²) < 4.78 is 35.0. The number of carboxylic acids is 1. The van der Waals surface area contributed by atoms with Gasteiger partial charge in [-0.2, -0.15) is 0 Å². The van der Waals surface area contributed by atoms with E-state index in [0.717, 1.165) is 0 Å².